The zero-order valence-corrected chi connectivity index (χ0v) is 15.1. The van der Waals surface area contributed by atoms with Crippen molar-refractivity contribution < 1.29 is 22.8 Å². The molecule has 0 bridgehead atoms. The quantitative estimate of drug-likeness (QED) is 0.758. The number of rotatable bonds is 1. The first-order valence-electron chi connectivity index (χ1n) is 8.94. The van der Waals surface area contributed by atoms with Crippen molar-refractivity contribution in [3.8, 4) is 0 Å². The van der Waals surface area contributed by atoms with Gasteiger partial charge in [-0.2, -0.15) is 0 Å². The highest BCUT2D eigenvalue weighted by Gasteiger charge is 2.40. The third kappa shape index (κ3) is 2.98. The summed E-state index contributed by atoms with van der Waals surface area (Å²) in [6, 6.07) is 8.41. The summed E-state index contributed by atoms with van der Waals surface area (Å²) in [5, 5.41) is 2.23. The molecular weight excluding hydrogens is 371 g/mol. The second kappa shape index (κ2) is 6.85. The Morgan fingerprint density at radius 3 is 2.50 bits per heavy atom. The number of nitrogens with zero attached hydrogens (tertiary/aromatic N) is 2. The molecule has 0 aliphatic carbocycles. The predicted octanol–water partition coefficient (Wildman–Crippen LogP) is 3.64. The summed E-state index contributed by atoms with van der Waals surface area (Å²) in [5.74, 6) is -4.50. The normalized spacial score (nSPS) is 21.2. The number of hydrogen-bond acceptors (Lipinski definition) is 2. The number of amides is 3. The fraction of sp³-hybridized carbons (Fsp3) is 0.300. The topological polar surface area (TPSA) is 52.7 Å². The Labute approximate surface area is 159 Å². The zero-order valence-electron chi connectivity index (χ0n) is 15.1. The van der Waals surface area contributed by atoms with Crippen LogP contribution in [-0.2, 0) is 4.79 Å². The molecule has 2 aromatic rings. The van der Waals surface area contributed by atoms with E-state index in [0.717, 1.165) is 23.3 Å². The van der Waals surface area contributed by atoms with Crippen molar-refractivity contribution in [2.24, 2.45) is 0 Å². The summed E-state index contributed by atoms with van der Waals surface area (Å²) >= 11 is 0. The van der Waals surface area contributed by atoms with Crippen LogP contribution in [0.15, 0.2) is 36.4 Å². The number of carbonyl (C=O) groups excluding carboxylic acids is 2. The van der Waals surface area contributed by atoms with Crippen LogP contribution in [0.2, 0.25) is 0 Å². The van der Waals surface area contributed by atoms with E-state index >= 15 is 0 Å². The second-order valence-corrected chi connectivity index (χ2v) is 7.13. The molecule has 2 aliphatic rings. The maximum absolute atomic E-state index is 13.9. The van der Waals surface area contributed by atoms with Crippen molar-refractivity contribution in [2.75, 3.05) is 25.0 Å². The van der Waals surface area contributed by atoms with Gasteiger partial charge in [-0.25, -0.2) is 18.0 Å². The Morgan fingerprint density at radius 1 is 1.04 bits per heavy atom. The molecule has 0 spiro atoms. The smallest absolute Gasteiger partial charge is 0.322 e. The van der Waals surface area contributed by atoms with Crippen LogP contribution in [-0.4, -0.2) is 41.4 Å². The summed E-state index contributed by atoms with van der Waals surface area (Å²) in [5.41, 5.74) is 1.63. The van der Waals surface area contributed by atoms with E-state index in [4.69, 9.17) is 0 Å². The Balaban J connectivity index is 1.58. The highest BCUT2D eigenvalue weighted by atomic mass is 19.2. The lowest BCUT2D eigenvalue weighted by atomic mass is 9.85. The molecule has 0 radical (unpaired) electrons. The number of fused-ring (bicyclic) bond motifs is 3. The van der Waals surface area contributed by atoms with Gasteiger partial charge in [0.1, 0.15) is 6.54 Å². The van der Waals surface area contributed by atoms with Crippen LogP contribution in [0, 0.1) is 17.5 Å². The summed E-state index contributed by atoms with van der Waals surface area (Å²) in [6.07, 6.45) is 0. The summed E-state index contributed by atoms with van der Waals surface area (Å²) in [4.78, 5) is 28.2. The average Bonchev–Trinajstić information content (AvgIpc) is 2.69. The molecule has 2 aliphatic heterocycles. The van der Waals surface area contributed by atoms with E-state index in [2.05, 4.69) is 5.32 Å². The highest BCUT2D eigenvalue weighted by Crippen LogP contribution is 2.38. The molecular formula is C20H18F3N3O2. The molecule has 28 heavy (non-hydrogen) atoms. The van der Waals surface area contributed by atoms with E-state index in [1.54, 1.807) is 4.90 Å². The number of benzene rings is 2. The van der Waals surface area contributed by atoms with Crippen molar-refractivity contribution in [1.82, 2.24) is 9.80 Å². The van der Waals surface area contributed by atoms with Gasteiger partial charge in [-0.15, -0.1) is 0 Å². The Bertz CT molecular complexity index is 966. The molecule has 146 valence electrons. The monoisotopic (exact) mass is 389 g/mol. The van der Waals surface area contributed by atoms with Gasteiger partial charge in [0.05, 0.1) is 11.7 Å². The number of urea groups is 1. The van der Waals surface area contributed by atoms with Crippen LogP contribution >= 0.6 is 0 Å². The minimum atomic E-state index is -1.66. The first-order chi connectivity index (χ1) is 13.4. The number of carbonyl (C=O) groups is 2. The standard InChI is InChI=1S/C20H18F3N3O2/c1-11-8-26-16(13-5-3-2-4-12(11)13)9-25(10-17(26)27)20(28)24-15-7-6-14(21)18(22)19(15)23/h2-7,11,16H,8-10H2,1H3,(H,24,28). The van der Waals surface area contributed by atoms with Gasteiger partial charge in [-0.05, 0) is 29.2 Å². The van der Waals surface area contributed by atoms with Crippen molar-refractivity contribution >= 4 is 17.6 Å². The molecule has 5 nitrogen and oxygen atoms in total. The van der Waals surface area contributed by atoms with E-state index in [9.17, 15) is 22.8 Å². The number of anilines is 1. The van der Waals surface area contributed by atoms with E-state index in [1.165, 1.54) is 4.90 Å². The maximum Gasteiger partial charge on any atom is 0.322 e. The fourth-order valence-electron chi connectivity index (χ4n) is 3.92. The number of hydrogen-bond donors (Lipinski definition) is 1. The first kappa shape index (κ1) is 18.3. The SMILES string of the molecule is CC1CN2C(=O)CN(C(=O)Nc3ccc(F)c(F)c3F)CC2c2ccccc21. The number of piperazine rings is 1. The third-order valence-electron chi connectivity index (χ3n) is 5.34. The summed E-state index contributed by atoms with van der Waals surface area (Å²) in [6.45, 7) is 2.68. The van der Waals surface area contributed by atoms with E-state index < -0.39 is 29.2 Å². The largest absolute Gasteiger partial charge is 0.332 e. The molecule has 8 heteroatoms. The van der Waals surface area contributed by atoms with Gasteiger partial charge < -0.3 is 15.1 Å². The molecule has 3 amide bonds. The molecule has 2 unspecified atom stereocenters. The van der Waals surface area contributed by atoms with Gasteiger partial charge in [0.2, 0.25) is 5.91 Å². The summed E-state index contributed by atoms with van der Waals surface area (Å²) < 4.78 is 40.3. The molecule has 2 atom stereocenters. The summed E-state index contributed by atoms with van der Waals surface area (Å²) in [7, 11) is 0. The Hall–Kier alpha value is -3.03. The maximum atomic E-state index is 13.9. The van der Waals surface area contributed by atoms with Crippen LogP contribution in [0.5, 0.6) is 0 Å². The highest BCUT2D eigenvalue weighted by molar-refractivity contribution is 5.93. The van der Waals surface area contributed by atoms with E-state index in [0.29, 0.717) is 6.54 Å². The van der Waals surface area contributed by atoms with Crippen molar-refractivity contribution in [1.29, 1.82) is 0 Å². The number of nitrogens with one attached hydrogen (secondary N) is 1. The van der Waals surface area contributed by atoms with Gasteiger partial charge in [0.25, 0.3) is 0 Å². The van der Waals surface area contributed by atoms with Gasteiger partial charge in [-0.1, -0.05) is 31.2 Å². The van der Waals surface area contributed by atoms with Crippen LogP contribution in [0.25, 0.3) is 0 Å². The van der Waals surface area contributed by atoms with Crippen LogP contribution in [0.4, 0.5) is 23.7 Å². The molecule has 4 rings (SSSR count). The first-order valence-corrected chi connectivity index (χ1v) is 8.94. The van der Waals surface area contributed by atoms with Gasteiger partial charge >= 0.3 is 6.03 Å². The van der Waals surface area contributed by atoms with Gasteiger partial charge in [-0.3, -0.25) is 4.79 Å². The minimum Gasteiger partial charge on any atom is -0.332 e. The van der Waals surface area contributed by atoms with Crippen molar-refractivity contribution in [3.05, 3.63) is 65.0 Å². The van der Waals surface area contributed by atoms with E-state index in [-0.39, 0.29) is 31.0 Å². The van der Waals surface area contributed by atoms with Crippen LogP contribution in [0.3, 0.4) is 0 Å². The molecule has 2 aromatic carbocycles. The van der Waals surface area contributed by atoms with Crippen LogP contribution < -0.4 is 5.32 Å². The zero-order chi connectivity index (χ0) is 20.0. The molecule has 0 saturated carbocycles. The predicted molar refractivity (Wildman–Crippen MR) is 96.2 cm³/mol. The van der Waals surface area contributed by atoms with Crippen molar-refractivity contribution in [2.45, 2.75) is 18.9 Å². The third-order valence-corrected chi connectivity index (χ3v) is 5.34. The molecule has 1 fully saturated rings. The Morgan fingerprint density at radius 2 is 1.75 bits per heavy atom. The minimum absolute atomic E-state index is 0.164. The van der Waals surface area contributed by atoms with E-state index in [1.807, 2.05) is 31.2 Å². The van der Waals surface area contributed by atoms with Gasteiger partial charge in [0.15, 0.2) is 17.5 Å². The van der Waals surface area contributed by atoms with Crippen LogP contribution in [0.1, 0.15) is 30.0 Å². The lowest BCUT2D eigenvalue weighted by Crippen LogP contribution is -2.56. The lowest BCUT2D eigenvalue weighted by molar-refractivity contribution is -0.139. The second-order valence-electron chi connectivity index (χ2n) is 7.13. The molecule has 1 saturated heterocycles. The number of halogens is 3. The molecule has 0 aromatic heterocycles. The fourth-order valence-corrected chi connectivity index (χ4v) is 3.92. The lowest BCUT2D eigenvalue weighted by Gasteiger charge is -2.46. The van der Waals surface area contributed by atoms with Crippen molar-refractivity contribution in [3.63, 3.8) is 0 Å². The Kier molecular flexibility index (Phi) is 4.49. The van der Waals surface area contributed by atoms with Gasteiger partial charge in [0, 0.05) is 13.1 Å². The average molecular weight is 389 g/mol. The molecule has 2 heterocycles. The molecule has 1 N–H and O–H groups in total.